The van der Waals surface area contributed by atoms with Gasteiger partial charge in [0.05, 0.1) is 6.04 Å². The zero-order chi connectivity index (χ0) is 25.3. The van der Waals surface area contributed by atoms with Crippen LogP contribution in [-0.2, 0) is 4.74 Å². The van der Waals surface area contributed by atoms with Gasteiger partial charge < -0.3 is 19.9 Å². The Morgan fingerprint density at radius 1 is 1.23 bits per heavy atom. The maximum atomic E-state index is 15.0. The molecule has 0 aliphatic carbocycles. The Bertz CT molecular complexity index is 1280. The Morgan fingerprint density at radius 2 is 2.00 bits per heavy atom. The molecule has 3 aromatic rings. The molecule has 0 spiro atoms. The molecular weight excluding hydrogens is 469 g/mol. The van der Waals surface area contributed by atoms with Gasteiger partial charge in [0.1, 0.15) is 17.1 Å². The average molecular weight is 498 g/mol. The van der Waals surface area contributed by atoms with Crippen molar-refractivity contribution in [2.45, 2.75) is 45.8 Å². The Morgan fingerprint density at radius 3 is 2.71 bits per heavy atom. The molecular formula is C27H29ClFN3O3. The normalized spacial score (nSPS) is 15.4. The predicted octanol–water partition coefficient (Wildman–Crippen LogP) is 6.12. The molecule has 2 heterocycles. The van der Waals surface area contributed by atoms with Gasteiger partial charge in [-0.15, -0.1) is 0 Å². The predicted molar refractivity (Wildman–Crippen MR) is 135 cm³/mol. The molecule has 35 heavy (non-hydrogen) atoms. The Balaban J connectivity index is 1.75. The summed E-state index contributed by atoms with van der Waals surface area (Å²) in [6.07, 6.45) is 1.87. The number of hydrogen-bond acceptors (Lipinski definition) is 3. The summed E-state index contributed by atoms with van der Waals surface area (Å²) in [5, 5.41) is 6.14. The second-order valence-corrected chi connectivity index (χ2v) is 10.2. The van der Waals surface area contributed by atoms with Gasteiger partial charge in [-0.2, -0.15) is 0 Å². The third-order valence-corrected chi connectivity index (χ3v) is 6.05. The van der Waals surface area contributed by atoms with Crippen LogP contribution in [0.3, 0.4) is 0 Å². The number of amides is 2. The number of nitrogens with zero attached hydrogens (tertiary/aromatic N) is 1. The lowest BCUT2D eigenvalue weighted by Gasteiger charge is -2.27. The summed E-state index contributed by atoms with van der Waals surface area (Å²) in [4.78, 5) is 25.2. The van der Waals surface area contributed by atoms with Crippen molar-refractivity contribution in [2.24, 2.45) is 0 Å². The van der Waals surface area contributed by atoms with Crippen LogP contribution in [0.1, 0.15) is 49.3 Å². The smallest absolute Gasteiger partial charge is 0.407 e. The van der Waals surface area contributed by atoms with Gasteiger partial charge in [0.15, 0.2) is 0 Å². The van der Waals surface area contributed by atoms with E-state index in [0.29, 0.717) is 46.9 Å². The minimum absolute atomic E-state index is 0.141. The third-order valence-electron chi connectivity index (χ3n) is 5.81. The number of benzene rings is 2. The van der Waals surface area contributed by atoms with E-state index in [1.165, 1.54) is 12.1 Å². The van der Waals surface area contributed by atoms with Crippen LogP contribution < -0.4 is 10.6 Å². The van der Waals surface area contributed by atoms with E-state index in [-0.39, 0.29) is 11.9 Å². The minimum atomic E-state index is -0.588. The topological polar surface area (TPSA) is 72.4 Å². The molecule has 4 rings (SSSR count). The largest absolute Gasteiger partial charge is 0.444 e. The van der Waals surface area contributed by atoms with E-state index in [9.17, 15) is 14.0 Å². The van der Waals surface area contributed by atoms with Crippen molar-refractivity contribution < 1.29 is 18.7 Å². The highest BCUT2D eigenvalue weighted by Crippen LogP contribution is 2.41. The Labute approximate surface area is 209 Å². The van der Waals surface area contributed by atoms with E-state index in [1.807, 2.05) is 42.0 Å². The van der Waals surface area contributed by atoms with E-state index >= 15 is 0 Å². The number of hydrogen-bond donors (Lipinski definition) is 2. The molecule has 2 N–H and O–H groups in total. The summed E-state index contributed by atoms with van der Waals surface area (Å²) in [7, 11) is 0. The Hall–Kier alpha value is -3.32. The molecule has 8 heteroatoms. The van der Waals surface area contributed by atoms with E-state index in [1.54, 1.807) is 26.8 Å². The fraction of sp³-hybridized carbons (Fsp3) is 0.333. The number of aromatic nitrogens is 1. The maximum Gasteiger partial charge on any atom is 0.407 e. The second kappa shape index (κ2) is 9.74. The van der Waals surface area contributed by atoms with Crippen LogP contribution in [0, 0.1) is 12.7 Å². The number of rotatable bonds is 5. The van der Waals surface area contributed by atoms with Gasteiger partial charge in [-0.3, -0.25) is 4.79 Å². The summed E-state index contributed by atoms with van der Waals surface area (Å²) in [6.45, 7) is 8.13. The summed E-state index contributed by atoms with van der Waals surface area (Å²) in [6, 6.07) is 12.0. The molecule has 1 unspecified atom stereocenters. The monoisotopic (exact) mass is 497 g/mol. The van der Waals surface area contributed by atoms with Crippen LogP contribution in [0.2, 0.25) is 5.02 Å². The lowest BCUT2D eigenvalue weighted by molar-refractivity contribution is 0.0523. The van der Waals surface area contributed by atoms with Crippen LogP contribution in [0.5, 0.6) is 0 Å². The molecule has 184 valence electrons. The molecule has 2 amide bonds. The molecule has 0 bridgehead atoms. The number of aryl methyl sites for hydroxylation is 1. The minimum Gasteiger partial charge on any atom is -0.444 e. The molecule has 2 aromatic carbocycles. The lowest BCUT2D eigenvalue weighted by atomic mass is 9.95. The average Bonchev–Trinajstić information content (AvgIpc) is 3.17. The van der Waals surface area contributed by atoms with E-state index in [4.69, 9.17) is 16.3 Å². The van der Waals surface area contributed by atoms with Crippen molar-refractivity contribution >= 4 is 23.6 Å². The molecule has 0 fully saturated rings. The quantitative estimate of drug-likeness (QED) is 0.446. The number of carbonyl (C=O) groups excluding carboxylic acids is 2. The van der Waals surface area contributed by atoms with Gasteiger partial charge in [0.25, 0.3) is 5.91 Å². The van der Waals surface area contributed by atoms with Gasteiger partial charge in [0.2, 0.25) is 0 Å². The van der Waals surface area contributed by atoms with Gasteiger partial charge >= 0.3 is 6.09 Å². The maximum absolute atomic E-state index is 15.0. The highest BCUT2D eigenvalue weighted by Gasteiger charge is 2.32. The first-order valence-electron chi connectivity index (χ1n) is 11.6. The summed E-state index contributed by atoms with van der Waals surface area (Å²) < 4.78 is 22.2. The van der Waals surface area contributed by atoms with Crippen molar-refractivity contribution in [3.05, 3.63) is 70.8 Å². The van der Waals surface area contributed by atoms with Gasteiger partial charge in [-0.25, -0.2) is 9.18 Å². The molecule has 0 radical (unpaired) electrons. The number of ether oxygens (including phenoxy) is 1. The SMILES string of the molecule is Cc1cccc(-c2c(-c3cc(Cl)ccc3F)cn3c2C(=O)NCC3CCNC(=O)OC(C)(C)C)c1. The molecule has 1 atom stereocenters. The van der Waals surface area contributed by atoms with Gasteiger partial charge in [-0.1, -0.05) is 41.4 Å². The summed E-state index contributed by atoms with van der Waals surface area (Å²) in [5.74, 6) is -0.652. The van der Waals surface area contributed by atoms with Crippen molar-refractivity contribution in [3.8, 4) is 22.3 Å². The highest BCUT2D eigenvalue weighted by molar-refractivity contribution is 6.30. The fourth-order valence-electron chi connectivity index (χ4n) is 4.33. The first-order chi connectivity index (χ1) is 16.5. The number of nitrogens with one attached hydrogen (secondary N) is 2. The number of alkyl carbamates (subject to hydrolysis) is 1. The number of halogens is 2. The zero-order valence-electron chi connectivity index (χ0n) is 20.2. The van der Waals surface area contributed by atoms with Crippen molar-refractivity contribution in [3.63, 3.8) is 0 Å². The van der Waals surface area contributed by atoms with Crippen molar-refractivity contribution in [1.82, 2.24) is 15.2 Å². The lowest BCUT2D eigenvalue weighted by Crippen LogP contribution is -2.40. The highest BCUT2D eigenvalue weighted by atomic mass is 35.5. The zero-order valence-corrected chi connectivity index (χ0v) is 21.0. The van der Waals surface area contributed by atoms with Gasteiger partial charge in [0, 0.05) is 41.0 Å². The van der Waals surface area contributed by atoms with Crippen LogP contribution >= 0.6 is 11.6 Å². The van der Waals surface area contributed by atoms with Crippen LogP contribution in [0.4, 0.5) is 9.18 Å². The summed E-state index contributed by atoms with van der Waals surface area (Å²) in [5.41, 5.74) is 3.28. The van der Waals surface area contributed by atoms with E-state index in [0.717, 1.165) is 11.1 Å². The molecule has 1 aliphatic rings. The van der Waals surface area contributed by atoms with Crippen molar-refractivity contribution in [1.29, 1.82) is 0 Å². The van der Waals surface area contributed by atoms with E-state index in [2.05, 4.69) is 10.6 Å². The standard InChI is InChI=1S/C27H29ClFN3O3/c1-16-6-5-7-17(12-16)23-21(20-13-18(28)8-9-22(20)29)15-32-19(14-31-25(33)24(23)32)10-11-30-26(34)35-27(2,3)4/h5-9,12-13,15,19H,10-11,14H2,1-4H3,(H,30,34)(H,31,33). The van der Waals surface area contributed by atoms with Crippen molar-refractivity contribution in [2.75, 3.05) is 13.1 Å². The van der Waals surface area contributed by atoms with Crippen LogP contribution in [-0.4, -0.2) is 35.3 Å². The molecule has 0 saturated carbocycles. The second-order valence-electron chi connectivity index (χ2n) is 9.75. The third kappa shape index (κ3) is 5.51. The van der Waals surface area contributed by atoms with Crippen LogP contribution in [0.15, 0.2) is 48.7 Å². The number of fused-ring (bicyclic) bond motifs is 1. The first-order valence-corrected chi connectivity index (χ1v) is 11.9. The molecule has 0 saturated heterocycles. The fourth-order valence-corrected chi connectivity index (χ4v) is 4.51. The van der Waals surface area contributed by atoms with Crippen LogP contribution in [0.25, 0.3) is 22.3 Å². The number of carbonyl (C=O) groups is 2. The van der Waals surface area contributed by atoms with Gasteiger partial charge in [-0.05, 0) is 57.9 Å². The molecule has 6 nitrogen and oxygen atoms in total. The first kappa shape index (κ1) is 24.8. The van der Waals surface area contributed by atoms with E-state index < -0.39 is 17.5 Å². The molecule has 1 aromatic heterocycles. The Kier molecular flexibility index (Phi) is 6.90. The molecule has 1 aliphatic heterocycles. The summed E-state index contributed by atoms with van der Waals surface area (Å²) >= 11 is 6.21.